The second kappa shape index (κ2) is 7.71. The lowest BCUT2D eigenvalue weighted by Crippen LogP contribution is -2.41. The predicted octanol–water partition coefficient (Wildman–Crippen LogP) is 2.09. The minimum absolute atomic E-state index is 0.0682. The maximum Gasteiger partial charge on any atom is 0.324 e. The number of hydrogen-bond donors (Lipinski definition) is 0. The molecule has 0 radical (unpaired) electrons. The first kappa shape index (κ1) is 18.3. The number of hydrogen-bond acceptors (Lipinski definition) is 6. The Morgan fingerprint density at radius 3 is 2.62 bits per heavy atom. The van der Waals surface area contributed by atoms with Crippen LogP contribution in [0.3, 0.4) is 0 Å². The summed E-state index contributed by atoms with van der Waals surface area (Å²) < 4.78 is 31.7. The molecule has 1 aromatic carbocycles. The first-order chi connectivity index (χ1) is 11.4. The zero-order valence-corrected chi connectivity index (χ0v) is 14.2. The minimum Gasteiger partial charge on any atom is -0.464 e. The molecule has 24 heavy (non-hydrogen) atoms. The van der Waals surface area contributed by atoms with Gasteiger partial charge in [0.15, 0.2) is 0 Å². The molecule has 1 heterocycles. The fourth-order valence-corrected chi connectivity index (χ4v) is 4.20. The lowest BCUT2D eigenvalue weighted by molar-refractivity contribution is -0.384. The molecule has 9 heteroatoms. The van der Waals surface area contributed by atoms with Crippen LogP contribution in [0.2, 0.25) is 0 Å². The van der Waals surface area contributed by atoms with Gasteiger partial charge in [-0.1, -0.05) is 13.3 Å². The van der Waals surface area contributed by atoms with Gasteiger partial charge in [0.05, 0.1) is 16.4 Å². The third kappa shape index (κ3) is 3.90. The van der Waals surface area contributed by atoms with Crippen LogP contribution >= 0.6 is 0 Å². The quantitative estimate of drug-likeness (QED) is 0.320. The number of carbonyl (C=O) groups excluding carboxylic acids is 1. The molecule has 1 aromatic rings. The Bertz CT molecular complexity index is 701. The maximum atomic E-state index is 12.7. The van der Waals surface area contributed by atoms with Crippen molar-refractivity contribution >= 4 is 21.7 Å². The van der Waals surface area contributed by atoms with Crippen molar-refractivity contribution in [3.63, 3.8) is 0 Å². The molecule has 0 amide bonds. The number of sulfonamides is 1. The summed E-state index contributed by atoms with van der Waals surface area (Å²) >= 11 is 0. The van der Waals surface area contributed by atoms with Crippen LogP contribution < -0.4 is 0 Å². The number of benzene rings is 1. The summed E-state index contributed by atoms with van der Waals surface area (Å²) in [6.07, 6.45) is 2.59. The van der Waals surface area contributed by atoms with E-state index in [0.29, 0.717) is 12.8 Å². The van der Waals surface area contributed by atoms with Crippen molar-refractivity contribution in [1.82, 2.24) is 4.31 Å². The summed E-state index contributed by atoms with van der Waals surface area (Å²) in [5, 5.41) is 10.7. The Morgan fingerprint density at radius 1 is 1.38 bits per heavy atom. The van der Waals surface area contributed by atoms with E-state index in [0.717, 1.165) is 29.3 Å². The van der Waals surface area contributed by atoms with Crippen LogP contribution in [0.5, 0.6) is 0 Å². The molecule has 1 aliphatic rings. The molecule has 1 atom stereocenters. The SMILES string of the molecule is CCCCOC(=O)[C@@H]1CCCN1S(=O)(=O)c1ccc([N+](=O)[O-])cc1. The van der Waals surface area contributed by atoms with Crippen LogP contribution in [0.25, 0.3) is 0 Å². The van der Waals surface area contributed by atoms with Gasteiger partial charge >= 0.3 is 5.97 Å². The number of ether oxygens (including phenoxy) is 1. The molecule has 1 fully saturated rings. The largest absolute Gasteiger partial charge is 0.464 e. The van der Waals surface area contributed by atoms with Gasteiger partial charge in [0.1, 0.15) is 6.04 Å². The number of non-ortho nitro benzene ring substituents is 1. The van der Waals surface area contributed by atoms with E-state index in [1.54, 1.807) is 0 Å². The van der Waals surface area contributed by atoms with Gasteiger partial charge in [0.2, 0.25) is 10.0 Å². The predicted molar refractivity (Wildman–Crippen MR) is 85.9 cm³/mol. The van der Waals surface area contributed by atoms with Gasteiger partial charge in [0, 0.05) is 18.7 Å². The van der Waals surface area contributed by atoms with E-state index in [1.165, 1.54) is 12.1 Å². The van der Waals surface area contributed by atoms with Gasteiger partial charge in [-0.25, -0.2) is 8.42 Å². The Hall–Kier alpha value is -2.00. The van der Waals surface area contributed by atoms with Crippen LogP contribution in [-0.2, 0) is 19.6 Å². The maximum absolute atomic E-state index is 12.7. The van der Waals surface area contributed by atoms with Crippen molar-refractivity contribution < 1.29 is 22.9 Å². The summed E-state index contributed by atoms with van der Waals surface area (Å²) in [7, 11) is -3.90. The monoisotopic (exact) mass is 356 g/mol. The van der Waals surface area contributed by atoms with Crippen molar-refractivity contribution in [1.29, 1.82) is 0 Å². The van der Waals surface area contributed by atoms with Crippen molar-refractivity contribution in [2.75, 3.05) is 13.2 Å². The molecule has 1 saturated heterocycles. The van der Waals surface area contributed by atoms with E-state index < -0.39 is 27.0 Å². The van der Waals surface area contributed by atoms with E-state index >= 15 is 0 Å². The number of unbranched alkanes of at least 4 members (excludes halogenated alkanes) is 1. The van der Waals surface area contributed by atoms with Crippen LogP contribution in [0.4, 0.5) is 5.69 Å². The highest BCUT2D eigenvalue weighted by Gasteiger charge is 2.40. The summed E-state index contributed by atoms with van der Waals surface area (Å²) in [5.41, 5.74) is -0.189. The summed E-state index contributed by atoms with van der Waals surface area (Å²) in [6.45, 7) is 2.47. The van der Waals surface area contributed by atoms with Gasteiger partial charge in [-0.15, -0.1) is 0 Å². The Labute approximate surface area is 140 Å². The number of rotatable bonds is 7. The number of esters is 1. The average molecular weight is 356 g/mol. The molecule has 0 aliphatic carbocycles. The second-order valence-corrected chi connectivity index (χ2v) is 7.44. The summed E-state index contributed by atoms with van der Waals surface area (Å²) in [4.78, 5) is 22.1. The van der Waals surface area contributed by atoms with Gasteiger partial charge in [-0.05, 0) is 31.4 Å². The summed E-state index contributed by atoms with van der Waals surface area (Å²) in [5.74, 6) is -0.536. The van der Waals surface area contributed by atoms with Crippen molar-refractivity contribution in [3.8, 4) is 0 Å². The molecule has 0 N–H and O–H groups in total. The molecule has 2 rings (SSSR count). The highest BCUT2D eigenvalue weighted by Crippen LogP contribution is 2.27. The highest BCUT2D eigenvalue weighted by molar-refractivity contribution is 7.89. The van der Waals surface area contributed by atoms with Crippen molar-refractivity contribution in [2.45, 2.75) is 43.5 Å². The zero-order chi connectivity index (χ0) is 17.7. The number of carbonyl (C=O) groups is 1. The Kier molecular flexibility index (Phi) is 5.89. The van der Waals surface area contributed by atoms with E-state index in [2.05, 4.69) is 0 Å². The van der Waals surface area contributed by atoms with Crippen molar-refractivity contribution in [3.05, 3.63) is 34.4 Å². The molecular formula is C15H20N2O6S. The van der Waals surface area contributed by atoms with E-state index in [9.17, 15) is 23.3 Å². The first-order valence-corrected chi connectivity index (χ1v) is 9.25. The normalized spacial score (nSPS) is 18.5. The molecule has 0 saturated carbocycles. The van der Waals surface area contributed by atoms with Crippen LogP contribution in [0, 0.1) is 10.1 Å². The van der Waals surface area contributed by atoms with Gasteiger partial charge < -0.3 is 4.74 Å². The molecule has 0 bridgehead atoms. The smallest absolute Gasteiger partial charge is 0.324 e. The highest BCUT2D eigenvalue weighted by atomic mass is 32.2. The lowest BCUT2D eigenvalue weighted by atomic mass is 10.2. The van der Waals surface area contributed by atoms with Gasteiger partial charge in [-0.2, -0.15) is 4.31 Å². The van der Waals surface area contributed by atoms with Crippen LogP contribution in [-0.4, -0.2) is 42.8 Å². The second-order valence-electron chi connectivity index (χ2n) is 5.55. The molecule has 1 aliphatic heterocycles. The fourth-order valence-electron chi connectivity index (χ4n) is 2.55. The minimum atomic E-state index is -3.90. The van der Waals surface area contributed by atoms with Crippen LogP contribution in [0.1, 0.15) is 32.6 Å². The molecule has 132 valence electrons. The molecular weight excluding hydrogens is 336 g/mol. The number of nitro benzene ring substituents is 1. The van der Waals surface area contributed by atoms with E-state index in [-0.39, 0.29) is 23.7 Å². The summed E-state index contributed by atoms with van der Waals surface area (Å²) in [6, 6.07) is 3.81. The number of nitro groups is 1. The average Bonchev–Trinajstić information content (AvgIpc) is 3.05. The van der Waals surface area contributed by atoms with Gasteiger partial charge in [0.25, 0.3) is 5.69 Å². The van der Waals surface area contributed by atoms with Gasteiger partial charge in [-0.3, -0.25) is 14.9 Å². The van der Waals surface area contributed by atoms with E-state index in [4.69, 9.17) is 4.74 Å². The molecule has 0 unspecified atom stereocenters. The number of nitrogens with zero attached hydrogens (tertiary/aromatic N) is 2. The van der Waals surface area contributed by atoms with E-state index in [1.807, 2.05) is 6.92 Å². The standard InChI is InChI=1S/C15H20N2O6S/c1-2-3-11-23-15(18)14-5-4-10-16(14)24(21,22)13-8-6-12(7-9-13)17(19)20/h6-9,14H,2-5,10-11H2,1H3/t14-/m0/s1. The molecule has 0 spiro atoms. The Morgan fingerprint density at radius 2 is 2.04 bits per heavy atom. The fraction of sp³-hybridized carbons (Fsp3) is 0.533. The Balaban J connectivity index is 2.17. The third-order valence-corrected chi connectivity index (χ3v) is 5.79. The first-order valence-electron chi connectivity index (χ1n) is 7.81. The molecule has 0 aromatic heterocycles. The van der Waals surface area contributed by atoms with Crippen molar-refractivity contribution in [2.24, 2.45) is 0 Å². The molecule has 8 nitrogen and oxygen atoms in total. The van der Waals surface area contributed by atoms with Crippen LogP contribution in [0.15, 0.2) is 29.2 Å². The lowest BCUT2D eigenvalue weighted by Gasteiger charge is -2.22. The third-order valence-electron chi connectivity index (χ3n) is 3.87. The zero-order valence-electron chi connectivity index (χ0n) is 13.4. The topological polar surface area (TPSA) is 107 Å².